The zero-order valence-electron chi connectivity index (χ0n) is 27.0. The summed E-state index contributed by atoms with van der Waals surface area (Å²) in [5, 5.41) is 0. The summed E-state index contributed by atoms with van der Waals surface area (Å²) in [4.78, 5) is 29.7. The van der Waals surface area contributed by atoms with Crippen LogP contribution < -0.4 is 20.9 Å². The molecule has 0 radical (unpaired) electrons. The Balaban J connectivity index is 1.63. The minimum Gasteiger partial charge on any atom is -0.494 e. The summed E-state index contributed by atoms with van der Waals surface area (Å²) in [5.41, 5.74) is 4.97. The average molecular weight is 690 g/mol. The van der Waals surface area contributed by atoms with Gasteiger partial charge in [-0.2, -0.15) is 13.2 Å². The number of ether oxygens (including phenoxy) is 2. The summed E-state index contributed by atoms with van der Waals surface area (Å²) in [6.45, 7) is 1.05. The van der Waals surface area contributed by atoms with Gasteiger partial charge in [0.15, 0.2) is 11.6 Å². The van der Waals surface area contributed by atoms with Crippen molar-refractivity contribution in [1.29, 1.82) is 0 Å². The van der Waals surface area contributed by atoms with Crippen molar-refractivity contribution in [2.45, 2.75) is 38.2 Å². The van der Waals surface area contributed by atoms with Crippen LogP contribution in [-0.2, 0) is 23.9 Å². The summed E-state index contributed by atoms with van der Waals surface area (Å²) < 4.78 is 86.2. The molecule has 0 aliphatic carbocycles. The van der Waals surface area contributed by atoms with Crippen LogP contribution in [0.5, 0.6) is 5.75 Å². The normalized spacial score (nSPS) is 14.7. The Morgan fingerprint density at radius 1 is 0.920 bits per heavy atom. The highest BCUT2D eigenvalue weighted by Gasteiger charge is 2.43. The average Bonchev–Trinajstić information content (AvgIpc) is 3.51. The standard InChI is InChI=1S/C38H32F5N3O4/c1-22-26(19-27-28(38(41,42)43)16-10-17-29(27)39)35-45(37(48)50-21-23-11-5-3-6-12-23)20-30(34(44)24-13-7-4-8-14-24)46(35)36(47)32(22)25-15-9-18-31(49-2)33(25)40/h3-18,30,34H,19-21,44H2,1-2H3/t30-,34?/m1/s1. The van der Waals surface area contributed by atoms with E-state index in [2.05, 4.69) is 0 Å². The molecule has 2 heterocycles. The van der Waals surface area contributed by atoms with E-state index in [0.717, 1.165) is 23.1 Å². The summed E-state index contributed by atoms with van der Waals surface area (Å²) in [6.07, 6.45) is -6.55. The molecule has 0 spiro atoms. The van der Waals surface area contributed by atoms with Gasteiger partial charge in [0.25, 0.3) is 5.56 Å². The lowest BCUT2D eigenvalue weighted by molar-refractivity contribution is -0.138. The lowest BCUT2D eigenvalue weighted by Gasteiger charge is -2.25. The molecule has 1 aliphatic rings. The molecule has 4 aromatic carbocycles. The third-order valence-electron chi connectivity index (χ3n) is 8.97. The second-order valence-electron chi connectivity index (χ2n) is 11.9. The van der Waals surface area contributed by atoms with E-state index in [-0.39, 0.29) is 47.0 Å². The first kappa shape index (κ1) is 34.4. The molecule has 0 saturated carbocycles. The van der Waals surface area contributed by atoms with Gasteiger partial charge in [0.05, 0.1) is 36.9 Å². The quantitative estimate of drug-likeness (QED) is 0.166. The number of nitrogens with two attached hydrogens (primary N) is 1. The number of pyridine rings is 1. The topological polar surface area (TPSA) is 86.8 Å². The van der Waals surface area contributed by atoms with Crippen molar-refractivity contribution >= 4 is 11.9 Å². The van der Waals surface area contributed by atoms with Crippen LogP contribution >= 0.6 is 0 Å². The molecule has 1 aromatic heterocycles. The van der Waals surface area contributed by atoms with Crippen LogP contribution in [-0.4, -0.2) is 24.3 Å². The van der Waals surface area contributed by atoms with Crippen molar-refractivity contribution in [2.75, 3.05) is 18.6 Å². The summed E-state index contributed by atoms with van der Waals surface area (Å²) >= 11 is 0. The van der Waals surface area contributed by atoms with Crippen LogP contribution in [0.25, 0.3) is 11.1 Å². The lowest BCUT2D eigenvalue weighted by atomic mass is 9.91. The molecule has 6 rings (SSSR count). The van der Waals surface area contributed by atoms with Crippen LogP contribution in [0.15, 0.2) is 102 Å². The minimum atomic E-state index is -4.94. The molecule has 0 saturated heterocycles. The van der Waals surface area contributed by atoms with Crippen molar-refractivity contribution in [3.05, 3.63) is 152 Å². The summed E-state index contributed by atoms with van der Waals surface area (Å²) in [7, 11) is 1.25. The molecule has 2 atom stereocenters. The predicted molar refractivity (Wildman–Crippen MR) is 178 cm³/mol. The minimum absolute atomic E-state index is 0.0168. The number of hydrogen-bond acceptors (Lipinski definition) is 5. The van der Waals surface area contributed by atoms with Gasteiger partial charge in [0, 0.05) is 23.1 Å². The molecule has 1 aliphatic heterocycles. The van der Waals surface area contributed by atoms with E-state index in [1.807, 2.05) is 0 Å². The number of alkyl halides is 3. The molecule has 258 valence electrons. The number of carbonyl (C=O) groups is 1. The van der Waals surface area contributed by atoms with Gasteiger partial charge in [0.2, 0.25) is 0 Å². The molecule has 5 aromatic rings. The van der Waals surface area contributed by atoms with Crippen LogP contribution in [0.1, 0.15) is 45.5 Å². The molecular weight excluding hydrogens is 657 g/mol. The van der Waals surface area contributed by atoms with Gasteiger partial charge in [0.1, 0.15) is 18.2 Å². The van der Waals surface area contributed by atoms with E-state index >= 15 is 8.78 Å². The second-order valence-corrected chi connectivity index (χ2v) is 11.9. The van der Waals surface area contributed by atoms with Crippen molar-refractivity contribution in [3.8, 4) is 16.9 Å². The van der Waals surface area contributed by atoms with Crippen LogP contribution in [0.3, 0.4) is 0 Å². The molecule has 1 unspecified atom stereocenters. The van der Waals surface area contributed by atoms with Crippen LogP contribution in [0.4, 0.5) is 32.6 Å². The number of fused-ring (bicyclic) bond motifs is 1. The first-order valence-electron chi connectivity index (χ1n) is 15.7. The van der Waals surface area contributed by atoms with E-state index in [9.17, 15) is 22.8 Å². The maximum atomic E-state index is 15.9. The third-order valence-corrected chi connectivity index (χ3v) is 8.97. The fourth-order valence-corrected chi connectivity index (χ4v) is 6.50. The molecular formula is C38H32F5N3O4. The number of rotatable bonds is 8. The van der Waals surface area contributed by atoms with Gasteiger partial charge < -0.3 is 15.2 Å². The largest absolute Gasteiger partial charge is 0.494 e. The maximum Gasteiger partial charge on any atom is 0.416 e. The summed E-state index contributed by atoms with van der Waals surface area (Å²) in [5.74, 6) is -2.33. The van der Waals surface area contributed by atoms with E-state index < -0.39 is 59.1 Å². The molecule has 50 heavy (non-hydrogen) atoms. The molecule has 2 N–H and O–H groups in total. The lowest BCUT2D eigenvalue weighted by Crippen LogP contribution is -2.34. The zero-order chi connectivity index (χ0) is 35.7. The van der Waals surface area contributed by atoms with Gasteiger partial charge in [-0.05, 0) is 41.8 Å². The fourth-order valence-electron chi connectivity index (χ4n) is 6.50. The number of halogens is 5. The number of hydrogen-bond donors (Lipinski definition) is 1. The highest BCUT2D eigenvalue weighted by atomic mass is 19.4. The molecule has 7 nitrogen and oxygen atoms in total. The van der Waals surface area contributed by atoms with Gasteiger partial charge in [-0.1, -0.05) is 78.9 Å². The van der Waals surface area contributed by atoms with E-state index in [1.165, 1.54) is 36.8 Å². The SMILES string of the molecule is COc1cccc(-c2c(C)c(Cc3c(F)cccc3C(F)(F)F)c3n(c2=O)[C@@H](C(N)c2ccccc2)CN3C(=O)OCc2ccccc2)c1F. The Morgan fingerprint density at radius 2 is 1.58 bits per heavy atom. The number of aromatic nitrogens is 1. The Kier molecular flexibility index (Phi) is 9.48. The number of benzene rings is 4. The van der Waals surface area contributed by atoms with E-state index in [0.29, 0.717) is 11.1 Å². The fraction of sp³-hybridized carbons (Fsp3) is 0.211. The number of methoxy groups -OCH3 is 1. The van der Waals surface area contributed by atoms with Crippen molar-refractivity contribution in [1.82, 2.24) is 4.57 Å². The molecule has 0 fully saturated rings. The number of nitrogens with zero attached hydrogens (tertiary/aromatic N) is 2. The highest BCUT2D eigenvalue weighted by Crippen LogP contribution is 2.43. The molecule has 0 bridgehead atoms. The highest BCUT2D eigenvalue weighted by molar-refractivity contribution is 5.90. The first-order valence-corrected chi connectivity index (χ1v) is 15.7. The van der Waals surface area contributed by atoms with Gasteiger partial charge in [-0.25, -0.2) is 13.6 Å². The second kappa shape index (κ2) is 13.8. The van der Waals surface area contributed by atoms with Crippen molar-refractivity contribution < 1.29 is 36.2 Å². The van der Waals surface area contributed by atoms with E-state index in [1.54, 1.807) is 60.7 Å². The first-order chi connectivity index (χ1) is 23.9. The van der Waals surface area contributed by atoms with Gasteiger partial charge in [-0.15, -0.1) is 0 Å². The number of anilines is 1. The Hall–Kier alpha value is -5.49. The van der Waals surface area contributed by atoms with Crippen LogP contribution in [0.2, 0.25) is 0 Å². The van der Waals surface area contributed by atoms with Gasteiger partial charge in [-0.3, -0.25) is 14.3 Å². The third kappa shape index (κ3) is 6.34. The number of amides is 1. The number of carbonyl (C=O) groups excluding carboxylic acids is 1. The van der Waals surface area contributed by atoms with Crippen molar-refractivity contribution in [2.24, 2.45) is 5.73 Å². The van der Waals surface area contributed by atoms with E-state index in [4.69, 9.17) is 15.2 Å². The smallest absolute Gasteiger partial charge is 0.416 e. The van der Waals surface area contributed by atoms with Crippen molar-refractivity contribution in [3.63, 3.8) is 0 Å². The Morgan fingerprint density at radius 3 is 2.24 bits per heavy atom. The Bertz CT molecular complexity index is 2100. The predicted octanol–water partition coefficient (Wildman–Crippen LogP) is 8.12. The molecule has 1 amide bonds. The summed E-state index contributed by atoms with van der Waals surface area (Å²) in [6, 6.07) is 22.4. The van der Waals surface area contributed by atoms with Crippen LogP contribution in [0, 0.1) is 18.6 Å². The molecule has 12 heteroatoms. The van der Waals surface area contributed by atoms with Gasteiger partial charge >= 0.3 is 12.3 Å². The zero-order valence-corrected chi connectivity index (χ0v) is 27.0. The Labute approximate surface area is 284 Å². The monoisotopic (exact) mass is 689 g/mol. The maximum absolute atomic E-state index is 15.9.